The number of terminal acetylenes is 1. The summed E-state index contributed by atoms with van der Waals surface area (Å²) in [7, 11) is 0. The molecule has 4 N–H and O–H groups in total. The van der Waals surface area contributed by atoms with E-state index in [0.717, 1.165) is 4.57 Å². The number of nitrogens with zero attached hydrogens (tertiary/aromatic N) is 2. The van der Waals surface area contributed by atoms with E-state index < -0.39 is 35.6 Å². The van der Waals surface area contributed by atoms with Crippen LogP contribution < -0.4 is 11.4 Å². The molecular weight excluding hydrogens is 286 g/mol. The molecule has 0 radical (unpaired) electrons. The fourth-order valence-corrected chi connectivity index (χ4v) is 2.51. The SMILES string of the molecule is C#CC1(Cl)C(O)C(CO)OC1n1c(C)cc(N)nc1=O. The van der Waals surface area contributed by atoms with Gasteiger partial charge < -0.3 is 20.7 Å². The van der Waals surface area contributed by atoms with Crippen molar-refractivity contribution in [3.8, 4) is 12.3 Å². The molecule has 0 aromatic carbocycles. The molecular formula is C12H14ClN3O4. The van der Waals surface area contributed by atoms with Crippen molar-refractivity contribution in [3.63, 3.8) is 0 Å². The minimum Gasteiger partial charge on any atom is -0.394 e. The van der Waals surface area contributed by atoms with E-state index in [0.29, 0.717) is 5.69 Å². The second-order valence-corrected chi connectivity index (χ2v) is 5.17. The van der Waals surface area contributed by atoms with Crippen molar-refractivity contribution >= 4 is 17.4 Å². The van der Waals surface area contributed by atoms with Gasteiger partial charge in [-0.3, -0.25) is 4.57 Å². The van der Waals surface area contributed by atoms with E-state index in [-0.39, 0.29) is 5.82 Å². The minimum absolute atomic E-state index is 0.0573. The standard InChI is InChI=1S/C12H14ClN3O4/c1-3-12(13)9(18)7(5-17)20-10(12)16-6(2)4-8(14)15-11(16)19/h1,4,7,9-10,17-18H,5H2,2H3,(H2,14,15,19). The first-order valence-electron chi connectivity index (χ1n) is 5.82. The number of aliphatic hydroxyl groups excluding tert-OH is 2. The van der Waals surface area contributed by atoms with E-state index >= 15 is 0 Å². The van der Waals surface area contributed by atoms with Gasteiger partial charge in [-0.05, 0) is 13.0 Å². The number of halogens is 1. The van der Waals surface area contributed by atoms with Gasteiger partial charge in [-0.15, -0.1) is 6.42 Å². The Morgan fingerprint density at radius 3 is 2.90 bits per heavy atom. The molecule has 0 bridgehead atoms. The lowest BCUT2D eigenvalue weighted by molar-refractivity contribution is -0.0470. The van der Waals surface area contributed by atoms with Gasteiger partial charge in [0.25, 0.3) is 0 Å². The summed E-state index contributed by atoms with van der Waals surface area (Å²) in [5, 5.41) is 19.2. The Labute approximate surface area is 120 Å². The van der Waals surface area contributed by atoms with E-state index in [1.807, 2.05) is 0 Å². The van der Waals surface area contributed by atoms with Crippen molar-refractivity contribution in [1.82, 2.24) is 9.55 Å². The number of aliphatic hydroxyl groups is 2. The number of ether oxygens (including phenoxy) is 1. The number of hydrogen-bond acceptors (Lipinski definition) is 6. The van der Waals surface area contributed by atoms with Crippen molar-refractivity contribution in [2.24, 2.45) is 0 Å². The molecule has 1 saturated heterocycles. The number of nitrogens with two attached hydrogens (primary N) is 1. The van der Waals surface area contributed by atoms with Crippen LogP contribution in [0.5, 0.6) is 0 Å². The number of alkyl halides is 1. The number of hydrogen-bond donors (Lipinski definition) is 3. The predicted molar refractivity (Wildman–Crippen MR) is 72.1 cm³/mol. The molecule has 4 unspecified atom stereocenters. The molecule has 1 fully saturated rings. The van der Waals surface area contributed by atoms with Crippen LogP contribution in [0.2, 0.25) is 0 Å². The smallest absolute Gasteiger partial charge is 0.351 e. The van der Waals surface area contributed by atoms with Gasteiger partial charge in [0.2, 0.25) is 0 Å². The molecule has 0 aliphatic carbocycles. The number of anilines is 1. The monoisotopic (exact) mass is 299 g/mol. The van der Waals surface area contributed by atoms with E-state index in [9.17, 15) is 15.0 Å². The maximum absolute atomic E-state index is 12.0. The van der Waals surface area contributed by atoms with Gasteiger partial charge in [-0.25, -0.2) is 4.79 Å². The molecule has 7 nitrogen and oxygen atoms in total. The van der Waals surface area contributed by atoms with Gasteiger partial charge in [0.15, 0.2) is 11.1 Å². The first-order chi connectivity index (χ1) is 9.35. The summed E-state index contributed by atoms with van der Waals surface area (Å²) in [5.41, 5.74) is 5.21. The third-order valence-corrected chi connectivity index (χ3v) is 3.77. The highest BCUT2D eigenvalue weighted by Crippen LogP contribution is 2.42. The van der Waals surface area contributed by atoms with Gasteiger partial charge in [0.05, 0.1) is 6.61 Å². The van der Waals surface area contributed by atoms with Crippen molar-refractivity contribution in [2.45, 2.75) is 30.2 Å². The second kappa shape index (κ2) is 5.07. The third kappa shape index (κ3) is 2.07. The minimum atomic E-state index is -1.68. The summed E-state index contributed by atoms with van der Waals surface area (Å²) in [6.07, 6.45) is 1.90. The lowest BCUT2D eigenvalue weighted by Crippen LogP contribution is -2.44. The second-order valence-electron chi connectivity index (χ2n) is 4.54. The lowest BCUT2D eigenvalue weighted by atomic mass is 9.99. The molecule has 0 amide bonds. The van der Waals surface area contributed by atoms with E-state index in [2.05, 4.69) is 10.9 Å². The molecule has 0 saturated carbocycles. The molecule has 108 valence electrons. The Balaban J connectivity index is 2.58. The number of aryl methyl sites for hydroxylation is 1. The average Bonchev–Trinajstić information content (AvgIpc) is 2.63. The Kier molecular flexibility index (Phi) is 3.75. The van der Waals surface area contributed by atoms with Gasteiger partial charge in [-0.2, -0.15) is 4.98 Å². The predicted octanol–water partition coefficient (Wildman–Crippen LogP) is -1.00. The Bertz CT molecular complexity index is 626. The van der Waals surface area contributed by atoms with E-state index in [1.165, 1.54) is 6.07 Å². The van der Waals surface area contributed by atoms with Gasteiger partial charge in [-0.1, -0.05) is 17.5 Å². The van der Waals surface area contributed by atoms with Gasteiger partial charge in [0, 0.05) is 5.69 Å². The van der Waals surface area contributed by atoms with Crippen LogP contribution in [0.4, 0.5) is 5.82 Å². The first-order valence-corrected chi connectivity index (χ1v) is 6.19. The zero-order valence-corrected chi connectivity index (χ0v) is 11.4. The molecule has 1 aromatic rings. The maximum atomic E-state index is 12.0. The van der Waals surface area contributed by atoms with Crippen LogP contribution in [0.25, 0.3) is 0 Å². The molecule has 4 atom stereocenters. The topological polar surface area (TPSA) is 111 Å². The highest BCUT2D eigenvalue weighted by molar-refractivity contribution is 6.27. The Morgan fingerprint density at radius 1 is 1.75 bits per heavy atom. The first kappa shape index (κ1) is 14.8. The molecule has 8 heteroatoms. The van der Waals surface area contributed by atoms with Gasteiger partial charge >= 0.3 is 5.69 Å². The fraction of sp³-hybridized carbons (Fsp3) is 0.500. The quantitative estimate of drug-likeness (QED) is 0.477. The Morgan fingerprint density at radius 2 is 2.40 bits per heavy atom. The number of nitrogen functional groups attached to an aromatic ring is 1. The van der Waals surface area contributed by atoms with Crippen LogP contribution >= 0.6 is 11.6 Å². The average molecular weight is 300 g/mol. The summed E-state index contributed by atoms with van der Waals surface area (Å²) in [4.78, 5) is 13.9. The molecule has 1 aromatic heterocycles. The molecule has 0 spiro atoms. The van der Waals surface area contributed by atoms with Crippen molar-refractivity contribution < 1.29 is 14.9 Å². The van der Waals surface area contributed by atoms with Crippen molar-refractivity contribution in [2.75, 3.05) is 12.3 Å². The zero-order valence-electron chi connectivity index (χ0n) is 10.7. The zero-order chi connectivity index (χ0) is 15.1. The lowest BCUT2D eigenvalue weighted by Gasteiger charge is -2.26. The molecule has 20 heavy (non-hydrogen) atoms. The van der Waals surface area contributed by atoms with Crippen LogP contribution in [0.3, 0.4) is 0 Å². The number of rotatable bonds is 2. The molecule has 1 aliphatic rings. The van der Waals surface area contributed by atoms with Crippen LogP contribution in [0.15, 0.2) is 10.9 Å². The largest absolute Gasteiger partial charge is 0.394 e. The summed E-state index contributed by atoms with van der Waals surface area (Å²) in [5.74, 6) is 2.29. The fourth-order valence-electron chi connectivity index (χ4n) is 2.22. The highest BCUT2D eigenvalue weighted by Gasteiger charge is 2.55. The Hall–Kier alpha value is -1.59. The summed E-state index contributed by atoms with van der Waals surface area (Å²) in [6, 6.07) is 1.46. The number of aromatic nitrogens is 2. The van der Waals surface area contributed by atoms with E-state index in [4.69, 9.17) is 28.5 Å². The third-order valence-electron chi connectivity index (χ3n) is 3.25. The maximum Gasteiger partial charge on any atom is 0.351 e. The van der Waals surface area contributed by atoms with Gasteiger partial charge in [0.1, 0.15) is 18.0 Å². The molecule has 2 rings (SSSR count). The molecule has 2 heterocycles. The molecule has 1 aliphatic heterocycles. The van der Waals surface area contributed by atoms with Crippen LogP contribution in [-0.2, 0) is 4.74 Å². The summed E-state index contributed by atoms with van der Waals surface area (Å²) < 4.78 is 6.54. The van der Waals surface area contributed by atoms with Crippen LogP contribution in [0.1, 0.15) is 11.9 Å². The van der Waals surface area contributed by atoms with Crippen molar-refractivity contribution in [3.05, 3.63) is 22.2 Å². The van der Waals surface area contributed by atoms with Crippen molar-refractivity contribution in [1.29, 1.82) is 0 Å². The van der Waals surface area contributed by atoms with Crippen LogP contribution in [0, 0.1) is 19.3 Å². The van der Waals surface area contributed by atoms with Crippen LogP contribution in [-0.4, -0.2) is 43.5 Å². The summed E-state index contributed by atoms with van der Waals surface area (Å²) >= 11 is 6.22. The normalized spacial score (nSPS) is 33.0. The van der Waals surface area contributed by atoms with E-state index in [1.54, 1.807) is 6.92 Å². The highest BCUT2D eigenvalue weighted by atomic mass is 35.5. The summed E-state index contributed by atoms with van der Waals surface area (Å²) in [6.45, 7) is 1.12.